The van der Waals surface area contributed by atoms with E-state index in [0.29, 0.717) is 6.42 Å². The van der Waals surface area contributed by atoms with Crippen LogP contribution in [-0.4, -0.2) is 8.42 Å². The zero-order valence-electron chi connectivity index (χ0n) is 11.5. The molecule has 2 rings (SSSR count). The first kappa shape index (κ1) is 15.9. The van der Waals surface area contributed by atoms with Crippen LogP contribution in [-0.2, 0) is 10.0 Å². The van der Waals surface area contributed by atoms with Gasteiger partial charge in [0, 0.05) is 10.6 Å². The molecule has 3 N–H and O–H groups in total. The van der Waals surface area contributed by atoms with Crippen molar-refractivity contribution in [3.63, 3.8) is 0 Å². The molecular weight excluding hydrogens is 311 g/mol. The molecule has 7 heteroatoms. The molecule has 0 saturated carbocycles. The van der Waals surface area contributed by atoms with Crippen LogP contribution in [0.3, 0.4) is 0 Å². The molecule has 0 fully saturated rings. The number of benzene rings is 1. The van der Waals surface area contributed by atoms with E-state index in [9.17, 15) is 12.8 Å². The zero-order chi connectivity index (χ0) is 15.5. The molecule has 0 aliphatic carbocycles. The molecule has 0 bridgehead atoms. The molecule has 0 aliphatic rings. The predicted octanol–water partition coefficient (Wildman–Crippen LogP) is 3.29. The van der Waals surface area contributed by atoms with Crippen molar-refractivity contribution in [1.29, 1.82) is 0 Å². The van der Waals surface area contributed by atoms with Crippen LogP contribution < -0.4 is 10.5 Å². The van der Waals surface area contributed by atoms with Crippen molar-refractivity contribution < 1.29 is 12.8 Å². The third kappa shape index (κ3) is 4.03. The van der Waals surface area contributed by atoms with Gasteiger partial charge in [-0.1, -0.05) is 19.4 Å². The Hall–Kier alpha value is -1.44. The van der Waals surface area contributed by atoms with E-state index in [1.54, 1.807) is 0 Å². The largest absolute Gasteiger partial charge is 0.399 e. The Kier molecular flexibility index (Phi) is 4.97. The summed E-state index contributed by atoms with van der Waals surface area (Å²) in [4.78, 5) is 0.780. The first-order chi connectivity index (χ1) is 9.92. The number of thiophene rings is 1. The Morgan fingerprint density at radius 3 is 2.71 bits per heavy atom. The van der Waals surface area contributed by atoms with Gasteiger partial charge in [-0.15, -0.1) is 11.3 Å². The molecule has 0 spiro atoms. The van der Waals surface area contributed by atoms with Gasteiger partial charge in [0.25, 0.3) is 0 Å². The fraction of sp³-hybridized carbons (Fsp3) is 0.286. The fourth-order valence-electron chi connectivity index (χ4n) is 2.03. The second-order valence-corrected chi connectivity index (χ2v) is 7.39. The minimum atomic E-state index is -3.82. The summed E-state index contributed by atoms with van der Waals surface area (Å²) < 4.78 is 40.8. The molecule has 2 aromatic rings. The molecule has 4 nitrogen and oxygen atoms in total. The number of anilines is 1. The van der Waals surface area contributed by atoms with Crippen LogP contribution in [0, 0.1) is 5.82 Å². The molecule has 1 atom stereocenters. The van der Waals surface area contributed by atoms with Gasteiger partial charge in [0.15, 0.2) is 0 Å². The number of nitrogens with two attached hydrogens (primary N) is 1. The third-order valence-electron chi connectivity index (χ3n) is 2.97. The van der Waals surface area contributed by atoms with Gasteiger partial charge in [0.2, 0.25) is 10.0 Å². The smallest absolute Gasteiger partial charge is 0.241 e. The summed E-state index contributed by atoms with van der Waals surface area (Å²) in [6.07, 6.45) is 1.50. The number of sulfonamides is 1. The first-order valence-corrected chi connectivity index (χ1v) is 8.90. The van der Waals surface area contributed by atoms with Crippen molar-refractivity contribution in [2.24, 2.45) is 0 Å². The number of halogens is 1. The van der Waals surface area contributed by atoms with E-state index >= 15 is 0 Å². The van der Waals surface area contributed by atoms with E-state index in [2.05, 4.69) is 4.72 Å². The van der Waals surface area contributed by atoms with Crippen molar-refractivity contribution in [2.45, 2.75) is 30.7 Å². The lowest BCUT2D eigenvalue weighted by atomic mass is 10.1. The maximum absolute atomic E-state index is 13.3. The van der Waals surface area contributed by atoms with E-state index in [1.807, 2.05) is 24.4 Å². The van der Waals surface area contributed by atoms with E-state index in [1.165, 1.54) is 17.4 Å². The normalized spacial score (nSPS) is 13.2. The highest BCUT2D eigenvalue weighted by Gasteiger charge is 2.22. The highest BCUT2D eigenvalue weighted by atomic mass is 32.2. The zero-order valence-corrected chi connectivity index (χ0v) is 13.2. The molecule has 1 aromatic carbocycles. The maximum Gasteiger partial charge on any atom is 0.241 e. The third-order valence-corrected chi connectivity index (χ3v) is 5.40. The van der Waals surface area contributed by atoms with Crippen molar-refractivity contribution >= 4 is 27.0 Å². The summed E-state index contributed by atoms with van der Waals surface area (Å²) >= 11 is 1.49. The average Bonchev–Trinajstić information content (AvgIpc) is 2.90. The summed E-state index contributed by atoms with van der Waals surface area (Å²) in [5.41, 5.74) is 5.59. The predicted molar refractivity (Wildman–Crippen MR) is 83.1 cm³/mol. The maximum atomic E-state index is 13.3. The Morgan fingerprint density at radius 1 is 1.38 bits per heavy atom. The van der Waals surface area contributed by atoms with Gasteiger partial charge in [0.1, 0.15) is 5.82 Å². The lowest BCUT2D eigenvalue weighted by Crippen LogP contribution is -2.28. The van der Waals surface area contributed by atoms with Crippen LogP contribution in [0.2, 0.25) is 0 Å². The van der Waals surface area contributed by atoms with E-state index in [-0.39, 0.29) is 16.6 Å². The highest BCUT2D eigenvalue weighted by molar-refractivity contribution is 7.89. The van der Waals surface area contributed by atoms with Crippen LogP contribution in [0.4, 0.5) is 10.1 Å². The molecule has 1 aromatic heterocycles. The highest BCUT2D eigenvalue weighted by Crippen LogP contribution is 2.26. The Balaban J connectivity index is 2.30. The summed E-state index contributed by atoms with van der Waals surface area (Å²) in [5, 5.41) is 1.90. The molecule has 1 unspecified atom stereocenters. The molecule has 21 heavy (non-hydrogen) atoms. The van der Waals surface area contributed by atoms with Gasteiger partial charge in [-0.05, 0) is 36.1 Å². The lowest BCUT2D eigenvalue weighted by Gasteiger charge is -2.17. The van der Waals surface area contributed by atoms with Gasteiger partial charge >= 0.3 is 0 Å². The van der Waals surface area contributed by atoms with E-state index < -0.39 is 15.8 Å². The number of hydrogen-bond acceptors (Lipinski definition) is 4. The summed E-state index contributed by atoms with van der Waals surface area (Å²) in [6, 6.07) is 6.75. The molecule has 0 amide bonds. The Labute approximate surface area is 127 Å². The minimum absolute atomic E-state index is 0.0820. The van der Waals surface area contributed by atoms with Crippen LogP contribution in [0.15, 0.2) is 40.6 Å². The van der Waals surface area contributed by atoms with Crippen molar-refractivity contribution in [3.8, 4) is 0 Å². The van der Waals surface area contributed by atoms with Gasteiger partial charge in [-0.3, -0.25) is 0 Å². The van der Waals surface area contributed by atoms with Crippen molar-refractivity contribution in [2.75, 3.05) is 5.73 Å². The lowest BCUT2D eigenvalue weighted by molar-refractivity contribution is 0.538. The second kappa shape index (κ2) is 6.55. The molecule has 0 radical (unpaired) electrons. The fourth-order valence-corrected chi connectivity index (χ4v) is 4.23. The summed E-state index contributed by atoms with van der Waals surface area (Å²) in [6.45, 7) is 1.98. The molecular formula is C14H17FN2O2S2. The molecule has 114 valence electrons. The van der Waals surface area contributed by atoms with Crippen molar-refractivity contribution in [1.82, 2.24) is 4.72 Å². The van der Waals surface area contributed by atoms with Gasteiger partial charge in [0.05, 0.1) is 10.9 Å². The van der Waals surface area contributed by atoms with E-state index in [4.69, 9.17) is 5.73 Å². The topological polar surface area (TPSA) is 72.2 Å². The number of nitrogens with one attached hydrogen (secondary N) is 1. The monoisotopic (exact) mass is 328 g/mol. The van der Waals surface area contributed by atoms with E-state index in [0.717, 1.165) is 23.4 Å². The number of rotatable bonds is 6. The quantitative estimate of drug-likeness (QED) is 0.799. The minimum Gasteiger partial charge on any atom is -0.399 e. The van der Waals surface area contributed by atoms with Gasteiger partial charge in [-0.2, -0.15) is 0 Å². The average molecular weight is 328 g/mol. The standard InChI is InChI=1S/C14H17FN2O2S2/c1-2-4-13(14-5-3-6-20-14)17-21(18,19)12-8-10(15)7-11(16)9-12/h3,5-9,13,17H,2,4,16H2,1H3. The first-order valence-electron chi connectivity index (χ1n) is 6.54. The van der Waals surface area contributed by atoms with Crippen molar-refractivity contribution in [3.05, 3.63) is 46.4 Å². The van der Waals surface area contributed by atoms with Crippen LogP contribution in [0.5, 0.6) is 0 Å². The second-order valence-electron chi connectivity index (χ2n) is 4.70. The Morgan fingerprint density at radius 2 is 2.14 bits per heavy atom. The number of hydrogen-bond donors (Lipinski definition) is 2. The van der Waals surface area contributed by atoms with Gasteiger partial charge in [-0.25, -0.2) is 17.5 Å². The summed E-state index contributed by atoms with van der Waals surface area (Å²) in [5.74, 6) is -0.668. The molecule has 0 aliphatic heterocycles. The molecule has 1 heterocycles. The van der Waals surface area contributed by atoms with Crippen LogP contribution in [0.25, 0.3) is 0 Å². The van der Waals surface area contributed by atoms with Crippen LogP contribution in [0.1, 0.15) is 30.7 Å². The summed E-state index contributed by atoms with van der Waals surface area (Å²) in [7, 11) is -3.82. The number of nitrogen functional groups attached to an aromatic ring is 1. The Bertz CT molecular complexity index is 680. The van der Waals surface area contributed by atoms with Crippen LogP contribution >= 0.6 is 11.3 Å². The van der Waals surface area contributed by atoms with Gasteiger partial charge < -0.3 is 5.73 Å². The molecule has 0 saturated heterocycles. The SMILES string of the molecule is CCCC(NS(=O)(=O)c1cc(N)cc(F)c1)c1cccs1.